The van der Waals surface area contributed by atoms with Crippen molar-refractivity contribution in [2.24, 2.45) is 0 Å². The number of hydrogen-bond donors (Lipinski definition) is 1. The zero-order valence-corrected chi connectivity index (χ0v) is 9.45. The van der Waals surface area contributed by atoms with E-state index in [4.69, 9.17) is 0 Å². The van der Waals surface area contributed by atoms with Crippen LogP contribution in [0.2, 0.25) is 0 Å². The van der Waals surface area contributed by atoms with Gasteiger partial charge in [-0.05, 0) is 22.0 Å². The summed E-state index contributed by atoms with van der Waals surface area (Å²) in [6.07, 6.45) is -2.58. The minimum absolute atomic E-state index is 0.118. The number of rotatable bonds is 2. The topological polar surface area (TPSA) is 32.9 Å². The second kappa shape index (κ2) is 4.32. The van der Waals surface area contributed by atoms with Gasteiger partial charge < -0.3 is 4.98 Å². The SMILES string of the molecule is O=c1[nH]c(CBr)c(C(F)F)cc1Br. The minimum atomic E-state index is -2.58. The van der Waals surface area contributed by atoms with Crippen LogP contribution < -0.4 is 5.56 Å². The predicted molar refractivity (Wildman–Crippen MR) is 52.4 cm³/mol. The average molecular weight is 317 g/mol. The Labute approximate surface area is 89.6 Å². The van der Waals surface area contributed by atoms with Gasteiger partial charge in [0.1, 0.15) is 0 Å². The van der Waals surface area contributed by atoms with E-state index in [1.807, 2.05) is 0 Å². The summed E-state index contributed by atoms with van der Waals surface area (Å²) in [6, 6.07) is 1.14. The van der Waals surface area contributed by atoms with Crippen LogP contribution in [-0.4, -0.2) is 4.98 Å². The summed E-state index contributed by atoms with van der Waals surface area (Å²) < 4.78 is 24.8. The third kappa shape index (κ3) is 2.37. The van der Waals surface area contributed by atoms with E-state index in [1.54, 1.807) is 0 Å². The Morgan fingerprint density at radius 3 is 2.62 bits per heavy atom. The number of alkyl halides is 3. The Morgan fingerprint density at radius 1 is 1.54 bits per heavy atom. The predicted octanol–water partition coefficient (Wildman–Crippen LogP) is 2.97. The molecule has 0 spiro atoms. The van der Waals surface area contributed by atoms with E-state index < -0.39 is 12.0 Å². The fourth-order valence-electron chi connectivity index (χ4n) is 0.863. The number of aromatic amines is 1. The van der Waals surface area contributed by atoms with Crippen LogP contribution in [0.3, 0.4) is 0 Å². The van der Waals surface area contributed by atoms with E-state index in [2.05, 4.69) is 36.8 Å². The Kier molecular flexibility index (Phi) is 3.61. The molecule has 0 unspecified atom stereocenters. The summed E-state index contributed by atoms with van der Waals surface area (Å²) >= 11 is 5.90. The molecule has 0 aromatic carbocycles. The summed E-state index contributed by atoms with van der Waals surface area (Å²) in [7, 11) is 0. The molecule has 1 aromatic heterocycles. The molecule has 1 aromatic rings. The molecule has 72 valence electrons. The van der Waals surface area contributed by atoms with Gasteiger partial charge in [0.05, 0.1) is 4.47 Å². The van der Waals surface area contributed by atoms with Crippen LogP contribution in [0.15, 0.2) is 15.3 Å². The first-order valence-corrected chi connectivity index (χ1v) is 5.23. The quantitative estimate of drug-likeness (QED) is 0.836. The van der Waals surface area contributed by atoms with E-state index in [-0.39, 0.29) is 21.1 Å². The number of pyridine rings is 1. The summed E-state index contributed by atoms with van der Waals surface area (Å²) in [5.74, 6) is 0. The first-order chi connectivity index (χ1) is 6.06. The molecule has 0 saturated carbocycles. The van der Waals surface area contributed by atoms with Crippen LogP contribution >= 0.6 is 31.9 Å². The van der Waals surface area contributed by atoms with Crippen molar-refractivity contribution >= 4 is 31.9 Å². The molecule has 13 heavy (non-hydrogen) atoms. The molecule has 0 amide bonds. The van der Waals surface area contributed by atoms with Crippen LogP contribution in [0.4, 0.5) is 8.78 Å². The molecule has 0 aliphatic heterocycles. The van der Waals surface area contributed by atoms with Crippen LogP contribution in [0.5, 0.6) is 0 Å². The molecular weight excluding hydrogens is 312 g/mol. The Balaban J connectivity index is 3.33. The molecule has 1 rings (SSSR count). The van der Waals surface area contributed by atoms with E-state index in [0.717, 1.165) is 6.07 Å². The lowest BCUT2D eigenvalue weighted by Gasteiger charge is -2.05. The molecule has 0 fully saturated rings. The number of halogens is 4. The number of H-pyrrole nitrogens is 1. The van der Waals surface area contributed by atoms with Gasteiger partial charge >= 0.3 is 0 Å². The number of nitrogens with one attached hydrogen (secondary N) is 1. The van der Waals surface area contributed by atoms with Crippen molar-refractivity contribution in [2.45, 2.75) is 11.8 Å². The maximum Gasteiger partial charge on any atom is 0.265 e. The molecule has 6 heteroatoms. The van der Waals surface area contributed by atoms with Crippen molar-refractivity contribution in [2.75, 3.05) is 0 Å². The van der Waals surface area contributed by atoms with Crippen molar-refractivity contribution in [1.82, 2.24) is 4.98 Å². The third-order valence-electron chi connectivity index (χ3n) is 1.48. The molecular formula is C7H5Br2F2NO. The van der Waals surface area contributed by atoms with E-state index in [9.17, 15) is 13.6 Å². The van der Waals surface area contributed by atoms with Crippen LogP contribution in [0.25, 0.3) is 0 Å². The van der Waals surface area contributed by atoms with Crippen LogP contribution in [0, 0.1) is 0 Å². The maximum absolute atomic E-state index is 12.4. The molecule has 2 nitrogen and oxygen atoms in total. The maximum atomic E-state index is 12.4. The zero-order valence-electron chi connectivity index (χ0n) is 6.28. The largest absolute Gasteiger partial charge is 0.324 e. The Morgan fingerprint density at radius 2 is 2.15 bits per heavy atom. The Bertz CT molecular complexity index is 364. The molecule has 0 bridgehead atoms. The van der Waals surface area contributed by atoms with Crippen molar-refractivity contribution in [3.05, 3.63) is 32.2 Å². The van der Waals surface area contributed by atoms with Gasteiger partial charge in [-0.25, -0.2) is 8.78 Å². The monoisotopic (exact) mass is 315 g/mol. The lowest BCUT2D eigenvalue weighted by molar-refractivity contribution is 0.150. The molecule has 0 aliphatic carbocycles. The minimum Gasteiger partial charge on any atom is -0.324 e. The standard InChI is InChI=1S/C7H5Br2F2NO/c8-2-5-3(6(10)11)1-4(9)7(13)12-5/h1,6H,2H2,(H,12,13). The summed E-state index contributed by atoms with van der Waals surface area (Å²) in [6.45, 7) is 0. The highest BCUT2D eigenvalue weighted by Gasteiger charge is 2.14. The van der Waals surface area contributed by atoms with Crippen molar-refractivity contribution in [1.29, 1.82) is 0 Å². The van der Waals surface area contributed by atoms with Crippen molar-refractivity contribution < 1.29 is 8.78 Å². The molecule has 0 aliphatic rings. The highest BCUT2D eigenvalue weighted by molar-refractivity contribution is 9.10. The molecule has 0 radical (unpaired) electrons. The normalized spacial score (nSPS) is 10.8. The van der Waals surface area contributed by atoms with Gasteiger partial charge in [0.2, 0.25) is 0 Å². The van der Waals surface area contributed by atoms with Gasteiger partial charge in [0.15, 0.2) is 0 Å². The van der Waals surface area contributed by atoms with Gasteiger partial charge in [0.25, 0.3) is 12.0 Å². The lowest BCUT2D eigenvalue weighted by atomic mass is 10.2. The van der Waals surface area contributed by atoms with Crippen molar-refractivity contribution in [3.8, 4) is 0 Å². The zero-order chi connectivity index (χ0) is 10.0. The highest BCUT2D eigenvalue weighted by atomic mass is 79.9. The van der Waals surface area contributed by atoms with E-state index >= 15 is 0 Å². The second-order valence-electron chi connectivity index (χ2n) is 2.31. The summed E-state index contributed by atoms with van der Waals surface area (Å²) in [5, 5.41) is 0.204. The van der Waals surface area contributed by atoms with Crippen LogP contribution in [-0.2, 0) is 5.33 Å². The first kappa shape index (κ1) is 10.8. The lowest BCUT2D eigenvalue weighted by Crippen LogP contribution is -2.11. The molecule has 0 saturated heterocycles. The van der Waals surface area contributed by atoms with E-state index in [1.165, 1.54) is 0 Å². The fourth-order valence-corrected chi connectivity index (χ4v) is 1.67. The van der Waals surface area contributed by atoms with Gasteiger partial charge in [0, 0.05) is 16.6 Å². The van der Waals surface area contributed by atoms with Gasteiger partial charge in [-0.2, -0.15) is 0 Å². The number of hydrogen-bond acceptors (Lipinski definition) is 1. The molecule has 1 N–H and O–H groups in total. The van der Waals surface area contributed by atoms with E-state index in [0.29, 0.717) is 0 Å². The molecule has 1 heterocycles. The second-order valence-corrected chi connectivity index (χ2v) is 3.73. The third-order valence-corrected chi connectivity index (χ3v) is 2.63. The fraction of sp³-hybridized carbons (Fsp3) is 0.286. The summed E-state index contributed by atoms with van der Waals surface area (Å²) in [4.78, 5) is 13.4. The van der Waals surface area contributed by atoms with Crippen molar-refractivity contribution in [3.63, 3.8) is 0 Å². The average Bonchev–Trinajstić information content (AvgIpc) is 2.08. The Hall–Kier alpha value is -0.230. The van der Waals surface area contributed by atoms with Crippen LogP contribution in [0.1, 0.15) is 17.7 Å². The summed E-state index contributed by atoms with van der Waals surface area (Å²) in [5.41, 5.74) is -0.356. The van der Waals surface area contributed by atoms with Gasteiger partial charge in [-0.15, -0.1) is 0 Å². The number of aromatic nitrogens is 1. The smallest absolute Gasteiger partial charge is 0.265 e. The van der Waals surface area contributed by atoms with Gasteiger partial charge in [-0.1, -0.05) is 15.9 Å². The first-order valence-electron chi connectivity index (χ1n) is 3.32. The highest BCUT2D eigenvalue weighted by Crippen LogP contribution is 2.24. The van der Waals surface area contributed by atoms with Gasteiger partial charge in [-0.3, -0.25) is 4.79 Å². The molecule has 0 atom stereocenters.